The minimum Gasteiger partial charge on any atom is -0.494 e. The number of ether oxygens (including phenoxy) is 1. The average Bonchev–Trinajstić information content (AvgIpc) is 3.38. The zero-order chi connectivity index (χ0) is 23.4. The Bertz CT molecular complexity index is 1230. The molecule has 1 atom stereocenters. The van der Waals surface area contributed by atoms with Crippen LogP contribution in [0.1, 0.15) is 26.1 Å². The molecule has 0 saturated carbocycles. The Morgan fingerprint density at radius 1 is 1.22 bits per heavy atom. The minimum absolute atomic E-state index is 0.00857. The van der Waals surface area contributed by atoms with E-state index < -0.39 is 6.43 Å². The van der Waals surface area contributed by atoms with Crippen molar-refractivity contribution >= 4 is 62.6 Å². The van der Waals surface area contributed by atoms with Crippen LogP contribution < -0.4 is 10.1 Å². The van der Waals surface area contributed by atoms with E-state index >= 15 is 0 Å². The van der Waals surface area contributed by atoms with Gasteiger partial charge in [-0.1, -0.05) is 31.5 Å². The molecule has 0 aliphatic rings. The van der Waals surface area contributed by atoms with Gasteiger partial charge in [-0.05, 0) is 34.2 Å². The molecule has 0 aliphatic carbocycles. The summed E-state index contributed by atoms with van der Waals surface area (Å²) in [6.07, 6.45) is -1.16. The third-order valence-electron chi connectivity index (χ3n) is 4.22. The van der Waals surface area contributed by atoms with Gasteiger partial charge in [-0.2, -0.15) is 5.10 Å². The van der Waals surface area contributed by atoms with E-state index in [1.54, 1.807) is 24.1 Å². The van der Waals surface area contributed by atoms with E-state index in [4.69, 9.17) is 16.3 Å². The molecule has 0 saturated heterocycles. The Balaban J connectivity index is 0.00000141. The maximum atomic E-state index is 13.5. The number of fused-ring (bicyclic) bond motifs is 1. The summed E-state index contributed by atoms with van der Waals surface area (Å²) in [5, 5.41) is 7.67. The number of methoxy groups -OCH3 is 1. The van der Waals surface area contributed by atoms with Crippen LogP contribution in [0.15, 0.2) is 30.6 Å². The maximum absolute atomic E-state index is 13.5. The van der Waals surface area contributed by atoms with Crippen molar-refractivity contribution in [2.24, 2.45) is 7.05 Å². The predicted octanol–water partition coefficient (Wildman–Crippen LogP) is 6.39. The molecular formula is C19H20ClF2IN7OP. The molecule has 8 nitrogen and oxygen atoms in total. The molecule has 4 rings (SSSR count). The Hall–Kier alpha value is -2.11. The van der Waals surface area contributed by atoms with Crippen molar-refractivity contribution in [3.05, 3.63) is 41.6 Å². The van der Waals surface area contributed by atoms with Crippen molar-refractivity contribution in [2.45, 2.75) is 20.3 Å². The van der Waals surface area contributed by atoms with Crippen molar-refractivity contribution in [3.63, 3.8) is 0 Å². The first-order valence-corrected chi connectivity index (χ1v) is 13.9. The molecule has 13 heteroatoms. The quantitative estimate of drug-likeness (QED) is 0.159. The van der Waals surface area contributed by atoms with Crippen molar-refractivity contribution < 1.29 is 13.5 Å². The molecular weight excluding hydrogens is 574 g/mol. The highest BCUT2D eigenvalue weighted by Crippen LogP contribution is 2.40. The highest BCUT2D eigenvalue weighted by molar-refractivity contribution is 14.2. The molecule has 32 heavy (non-hydrogen) atoms. The Morgan fingerprint density at radius 3 is 2.56 bits per heavy atom. The van der Waals surface area contributed by atoms with Gasteiger partial charge in [-0.25, -0.2) is 23.7 Å². The molecule has 170 valence electrons. The number of halogens is 4. The van der Waals surface area contributed by atoms with Gasteiger partial charge in [0.15, 0.2) is 23.0 Å². The number of aromatic nitrogens is 6. The van der Waals surface area contributed by atoms with E-state index in [0.29, 0.717) is 34.0 Å². The van der Waals surface area contributed by atoms with Crippen molar-refractivity contribution in [1.82, 2.24) is 29.1 Å². The highest BCUT2D eigenvalue weighted by Gasteiger charge is 2.23. The number of hydrogen-bond acceptors (Lipinski definition) is 6. The molecule has 0 bridgehead atoms. The molecule has 3 aromatic heterocycles. The number of nitrogens with one attached hydrogen (secondary N) is 1. The van der Waals surface area contributed by atoms with Crippen molar-refractivity contribution in [2.75, 3.05) is 12.4 Å². The number of imidazole rings is 1. The largest absolute Gasteiger partial charge is 0.494 e. The summed E-state index contributed by atoms with van der Waals surface area (Å²) in [6.45, 7) is 4.00. The van der Waals surface area contributed by atoms with Crippen LogP contribution in [0.4, 0.5) is 20.2 Å². The maximum Gasteiger partial charge on any atom is 0.295 e. The lowest BCUT2D eigenvalue weighted by molar-refractivity contribution is 0.140. The second-order valence-corrected chi connectivity index (χ2v) is 8.56. The summed E-state index contributed by atoms with van der Waals surface area (Å²) in [7, 11) is 3.30. The Labute approximate surface area is 203 Å². The lowest BCUT2D eigenvalue weighted by atomic mass is 10.1. The molecule has 1 N–H and O–H groups in total. The van der Waals surface area contributed by atoms with Crippen LogP contribution in [0.25, 0.3) is 22.6 Å². The first-order chi connectivity index (χ1) is 15.4. The summed E-state index contributed by atoms with van der Waals surface area (Å²) >= 11 is 8.18. The number of rotatable bonds is 6. The number of alkyl halides is 2. The molecule has 0 spiro atoms. The second kappa shape index (κ2) is 10.7. The van der Waals surface area contributed by atoms with E-state index in [-0.39, 0.29) is 23.0 Å². The summed E-state index contributed by atoms with van der Waals surface area (Å²) in [5.74, 6) is 0.634. The average molecular weight is 594 g/mol. The molecule has 0 fully saturated rings. The molecule has 0 radical (unpaired) electrons. The molecule has 0 aliphatic heterocycles. The highest BCUT2D eigenvalue weighted by atomic mass is 127. The van der Waals surface area contributed by atoms with Crippen LogP contribution >= 0.6 is 40.0 Å². The summed E-state index contributed by atoms with van der Waals surface area (Å²) in [6, 6.07) is 6.97. The fourth-order valence-corrected chi connectivity index (χ4v) is 5.08. The van der Waals surface area contributed by atoms with Crippen LogP contribution in [0.5, 0.6) is 5.75 Å². The number of aryl methyl sites for hydroxylation is 1. The summed E-state index contributed by atoms with van der Waals surface area (Å²) in [5.41, 5.74) is 2.27. The van der Waals surface area contributed by atoms with Gasteiger partial charge in [0.05, 0.1) is 30.4 Å². The zero-order valence-corrected chi connectivity index (χ0v) is 21.5. The van der Waals surface area contributed by atoms with Crippen LogP contribution in [-0.4, -0.2) is 36.2 Å². The fourth-order valence-electron chi connectivity index (χ4n) is 3.00. The van der Waals surface area contributed by atoms with E-state index in [2.05, 4.69) is 25.4 Å². The van der Waals surface area contributed by atoms with E-state index in [1.165, 1.54) is 17.5 Å². The predicted molar refractivity (Wildman–Crippen MR) is 133 cm³/mol. The van der Waals surface area contributed by atoms with Gasteiger partial charge in [-0.3, -0.25) is 9.02 Å². The lowest BCUT2D eigenvalue weighted by Gasteiger charge is -2.14. The fraction of sp³-hybridized carbons (Fsp3) is 0.263. The normalized spacial score (nSPS) is 11.3. The number of nitrogens with zero attached hydrogens (tertiary/aromatic N) is 6. The van der Waals surface area contributed by atoms with Crippen LogP contribution in [0.2, 0.25) is 5.15 Å². The van der Waals surface area contributed by atoms with Gasteiger partial charge >= 0.3 is 0 Å². The second-order valence-electron chi connectivity index (χ2n) is 6.11. The van der Waals surface area contributed by atoms with Gasteiger partial charge < -0.3 is 10.1 Å². The van der Waals surface area contributed by atoms with E-state index in [0.717, 1.165) is 0 Å². The molecule has 3 heterocycles. The first kappa shape index (κ1) is 24.5. The van der Waals surface area contributed by atoms with Gasteiger partial charge in [-0.15, -0.1) is 0 Å². The smallest absolute Gasteiger partial charge is 0.295 e. The minimum atomic E-state index is -2.74. The third-order valence-corrected chi connectivity index (χ3v) is 6.47. The Morgan fingerprint density at radius 2 is 1.97 bits per heavy atom. The van der Waals surface area contributed by atoms with Crippen LogP contribution in [0.3, 0.4) is 0 Å². The lowest BCUT2D eigenvalue weighted by Crippen LogP contribution is -1.99. The molecule has 0 amide bonds. The number of hydrogen-bond donors (Lipinski definition) is 1. The topological polar surface area (TPSA) is 82.7 Å². The van der Waals surface area contributed by atoms with Gasteiger partial charge in [0.25, 0.3) is 6.43 Å². The zero-order valence-electron chi connectivity index (χ0n) is 17.6. The van der Waals surface area contributed by atoms with E-state index in [1.807, 2.05) is 48.0 Å². The van der Waals surface area contributed by atoms with Crippen molar-refractivity contribution in [1.29, 1.82) is 0 Å². The summed E-state index contributed by atoms with van der Waals surface area (Å²) in [4.78, 5) is 12.6. The number of para-hydroxylation sites is 1. The number of pyridine rings is 1. The van der Waals surface area contributed by atoms with Gasteiger partial charge in [0, 0.05) is 13.1 Å². The number of benzene rings is 1. The molecule has 1 aromatic carbocycles. The molecule has 4 aromatic rings. The monoisotopic (exact) mass is 593 g/mol. The van der Waals surface area contributed by atoms with Gasteiger partial charge in [0.1, 0.15) is 17.0 Å². The number of anilines is 2. The molecule has 1 unspecified atom stereocenters. The van der Waals surface area contributed by atoms with Crippen LogP contribution in [-0.2, 0) is 7.05 Å². The Kier molecular flexibility index (Phi) is 8.18. The summed E-state index contributed by atoms with van der Waals surface area (Å²) < 4.78 is 35.5. The van der Waals surface area contributed by atoms with Crippen LogP contribution in [0, 0.1) is 0 Å². The van der Waals surface area contributed by atoms with Crippen molar-refractivity contribution in [3.8, 4) is 17.1 Å². The van der Waals surface area contributed by atoms with E-state index in [9.17, 15) is 8.78 Å². The third kappa shape index (κ3) is 4.79. The standard InChI is InChI=1S/C17H14ClF2IN7OP.C2H6/c1-27-7-22-15(26-27)8-4-3-5-9(13(8)29-2)23-10-6-11(18)24-16-12(10)25-17(14(19)20)28(16)30-21;1-2/h3-7,14,30H,1-2H3,(H,23,24);1-2H3. The first-order valence-electron chi connectivity index (χ1n) is 9.46. The van der Waals surface area contributed by atoms with Gasteiger partial charge in [0.2, 0.25) is 0 Å². The SMILES string of the molecule is CC.COc1c(Nc2cc(Cl)nc3c2nc(C(F)F)n3PI)cccc1-c1ncn(C)n1.